The number of anilines is 1. The fourth-order valence-corrected chi connectivity index (χ4v) is 2.16. The SMILES string of the molecule is CC(CBr)c1cc(NC(=O)OC(C)(C)C)ccc1Cl. The van der Waals surface area contributed by atoms with Crippen molar-refractivity contribution in [2.45, 2.75) is 39.2 Å². The van der Waals surface area contributed by atoms with Crippen LogP contribution in [-0.2, 0) is 4.74 Å². The molecule has 1 unspecified atom stereocenters. The van der Waals surface area contributed by atoms with E-state index in [1.807, 2.05) is 26.8 Å². The van der Waals surface area contributed by atoms with Crippen LogP contribution in [-0.4, -0.2) is 17.0 Å². The average molecular weight is 349 g/mol. The van der Waals surface area contributed by atoms with E-state index in [9.17, 15) is 4.79 Å². The van der Waals surface area contributed by atoms with Gasteiger partial charge in [0, 0.05) is 16.0 Å². The standard InChI is InChI=1S/C14H19BrClNO2/c1-9(8-15)11-7-10(5-6-12(11)16)17-13(18)19-14(2,3)4/h5-7,9H,8H2,1-4H3,(H,17,18). The highest BCUT2D eigenvalue weighted by Gasteiger charge is 2.17. The highest BCUT2D eigenvalue weighted by molar-refractivity contribution is 9.09. The lowest BCUT2D eigenvalue weighted by molar-refractivity contribution is 0.0636. The van der Waals surface area contributed by atoms with E-state index >= 15 is 0 Å². The number of carbonyl (C=O) groups is 1. The Morgan fingerprint density at radius 3 is 2.63 bits per heavy atom. The van der Waals surface area contributed by atoms with Gasteiger partial charge in [0.1, 0.15) is 5.60 Å². The van der Waals surface area contributed by atoms with Gasteiger partial charge in [-0.25, -0.2) is 4.79 Å². The van der Waals surface area contributed by atoms with Crippen LogP contribution in [0.2, 0.25) is 5.02 Å². The summed E-state index contributed by atoms with van der Waals surface area (Å²) < 4.78 is 5.21. The van der Waals surface area contributed by atoms with Crippen molar-refractivity contribution in [3.05, 3.63) is 28.8 Å². The van der Waals surface area contributed by atoms with Crippen LogP contribution < -0.4 is 5.32 Å². The molecule has 1 atom stereocenters. The van der Waals surface area contributed by atoms with Gasteiger partial charge in [-0.1, -0.05) is 34.5 Å². The smallest absolute Gasteiger partial charge is 0.412 e. The van der Waals surface area contributed by atoms with Crippen LogP contribution in [0.25, 0.3) is 0 Å². The Bertz CT molecular complexity index is 457. The molecule has 5 heteroatoms. The molecule has 1 amide bonds. The fourth-order valence-electron chi connectivity index (χ4n) is 1.50. The number of nitrogens with one attached hydrogen (secondary N) is 1. The van der Waals surface area contributed by atoms with Gasteiger partial charge < -0.3 is 4.74 Å². The minimum atomic E-state index is -0.511. The summed E-state index contributed by atoms with van der Waals surface area (Å²) in [7, 11) is 0. The highest BCUT2D eigenvalue weighted by atomic mass is 79.9. The number of hydrogen-bond donors (Lipinski definition) is 1. The lowest BCUT2D eigenvalue weighted by Crippen LogP contribution is -2.27. The third-order valence-corrected chi connectivity index (χ3v) is 3.72. The van der Waals surface area contributed by atoms with Crippen molar-refractivity contribution in [1.29, 1.82) is 0 Å². The molecule has 0 fully saturated rings. The first-order valence-electron chi connectivity index (χ1n) is 6.08. The quantitative estimate of drug-likeness (QED) is 0.764. The second kappa shape index (κ2) is 6.62. The van der Waals surface area contributed by atoms with E-state index in [0.717, 1.165) is 10.9 Å². The number of rotatable bonds is 3. The Balaban J connectivity index is 2.83. The first-order chi connectivity index (χ1) is 8.73. The lowest BCUT2D eigenvalue weighted by atomic mass is 10.0. The molecule has 0 bridgehead atoms. The molecular formula is C14H19BrClNO2. The molecule has 0 saturated heterocycles. The third-order valence-electron chi connectivity index (χ3n) is 2.40. The molecule has 0 spiro atoms. The number of carbonyl (C=O) groups excluding carboxylic acids is 1. The molecule has 1 N–H and O–H groups in total. The Morgan fingerprint density at radius 2 is 2.11 bits per heavy atom. The number of amides is 1. The highest BCUT2D eigenvalue weighted by Crippen LogP contribution is 2.28. The molecule has 0 saturated carbocycles. The largest absolute Gasteiger partial charge is 0.444 e. The van der Waals surface area contributed by atoms with Crippen LogP contribution in [0.3, 0.4) is 0 Å². The zero-order chi connectivity index (χ0) is 14.6. The Hall–Kier alpha value is -0.740. The summed E-state index contributed by atoms with van der Waals surface area (Å²) in [6.45, 7) is 7.54. The van der Waals surface area contributed by atoms with Crippen LogP contribution in [0, 0.1) is 0 Å². The average Bonchev–Trinajstić information content (AvgIpc) is 2.28. The summed E-state index contributed by atoms with van der Waals surface area (Å²) in [5, 5.41) is 4.21. The summed E-state index contributed by atoms with van der Waals surface area (Å²) in [6, 6.07) is 5.41. The summed E-state index contributed by atoms with van der Waals surface area (Å²) in [5.41, 5.74) is 1.16. The Kier molecular flexibility index (Phi) is 5.68. The van der Waals surface area contributed by atoms with E-state index < -0.39 is 11.7 Å². The molecule has 106 valence electrons. The molecule has 0 aliphatic heterocycles. The monoisotopic (exact) mass is 347 g/mol. The number of halogens is 2. The van der Waals surface area contributed by atoms with E-state index in [4.69, 9.17) is 16.3 Å². The minimum absolute atomic E-state index is 0.271. The summed E-state index contributed by atoms with van der Waals surface area (Å²) >= 11 is 9.58. The lowest BCUT2D eigenvalue weighted by Gasteiger charge is -2.20. The molecule has 0 aliphatic carbocycles. The first kappa shape index (κ1) is 16.3. The van der Waals surface area contributed by atoms with Gasteiger partial charge >= 0.3 is 6.09 Å². The fraction of sp³-hybridized carbons (Fsp3) is 0.500. The van der Waals surface area contributed by atoms with Gasteiger partial charge in [0.05, 0.1) is 0 Å². The maximum atomic E-state index is 11.7. The summed E-state index contributed by atoms with van der Waals surface area (Å²) in [6.07, 6.45) is -0.465. The molecule has 3 nitrogen and oxygen atoms in total. The molecule has 0 radical (unpaired) electrons. The van der Waals surface area contributed by atoms with E-state index in [-0.39, 0.29) is 5.92 Å². The topological polar surface area (TPSA) is 38.3 Å². The van der Waals surface area contributed by atoms with Gasteiger partial charge in [0.25, 0.3) is 0 Å². The predicted molar refractivity (Wildman–Crippen MR) is 83.5 cm³/mol. The van der Waals surface area contributed by atoms with Crippen molar-refractivity contribution in [2.24, 2.45) is 0 Å². The van der Waals surface area contributed by atoms with Gasteiger partial charge in [-0.3, -0.25) is 5.32 Å². The van der Waals surface area contributed by atoms with E-state index in [2.05, 4.69) is 28.2 Å². The van der Waals surface area contributed by atoms with Crippen molar-refractivity contribution in [1.82, 2.24) is 0 Å². The zero-order valence-corrected chi connectivity index (χ0v) is 13.9. The molecule has 0 aromatic heterocycles. The molecule has 19 heavy (non-hydrogen) atoms. The molecule has 1 aromatic carbocycles. The van der Waals surface area contributed by atoms with Gasteiger partial charge in [-0.2, -0.15) is 0 Å². The Labute approximate surface area is 127 Å². The molecule has 0 aliphatic rings. The van der Waals surface area contributed by atoms with Crippen molar-refractivity contribution in [2.75, 3.05) is 10.6 Å². The van der Waals surface area contributed by atoms with Crippen molar-refractivity contribution >= 4 is 39.3 Å². The minimum Gasteiger partial charge on any atom is -0.444 e. The second-order valence-corrected chi connectivity index (χ2v) is 6.47. The molecular weight excluding hydrogens is 330 g/mol. The number of benzene rings is 1. The maximum absolute atomic E-state index is 11.7. The Morgan fingerprint density at radius 1 is 1.47 bits per heavy atom. The zero-order valence-electron chi connectivity index (χ0n) is 11.6. The van der Waals surface area contributed by atoms with E-state index in [1.54, 1.807) is 12.1 Å². The summed E-state index contributed by atoms with van der Waals surface area (Å²) in [5.74, 6) is 0.271. The normalized spacial score (nSPS) is 12.9. The van der Waals surface area contributed by atoms with E-state index in [0.29, 0.717) is 10.7 Å². The van der Waals surface area contributed by atoms with Crippen molar-refractivity contribution < 1.29 is 9.53 Å². The van der Waals surface area contributed by atoms with Crippen LogP contribution >= 0.6 is 27.5 Å². The maximum Gasteiger partial charge on any atom is 0.412 e. The number of hydrogen-bond acceptors (Lipinski definition) is 2. The van der Waals surface area contributed by atoms with Crippen LogP contribution in [0.4, 0.5) is 10.5 Å². The van der Waals surface area contributed by atoms with Gasteiger partial charge in [0.15, 0.2) is 0 Å². The second-order valence-electron chi connectivity index (χ2n) is 5.42. The third kappa shape index (κ3) is 5.41. The summed E-state index contributed by atoms with van der Waals surface area (Å²) in [4.78, 5) is 11.7. The van der Waals surface area contributed by atoms with Crippen LogP contribution in [0.1, 0.15) is 39.2 Å². The first-order valence-corrected chi connectivity index (χ1v) is 7.58. The van der Waals surface area contributed by atoms with Gasteiger partial charge in [0.2, 0.25) is 0 Å². The molecule has 0 heterocycles. The molecule has 1 rings (SSSR count). The van der Waals surface area contributed by atoms with Crippen LogP contribution in [0.15, 0.2) is 18.2 Å². The van der Waals surface area contributed by atoms with Crippen LogP contribution in [0.5, 0.6) is 0 Å². The van der Waals surface area contributed by atoms with Gasteiger partial charge in [-0.05, 0) is 50.5 Å². The van der Waals surface area contributed by atoms with Crippen molar-refractivity contribution in [3.63, 3.8) is 0 Å². The van der Waals surface area contributed by atoms with Crippen molar-refractivity contribution in [3.8, 4) is 0 Å². The van der Waals surface area contributed by atoms with E-state index in [1.165, 1.54) is 0 Å². The number of ether oxygens (including phenoxy) is 1. The molecule has 1 aromatic rings. The van der Waals surface area contributed by atoms with Gasteiger partial charge in [-0.15, -0.1) is 0 Å². The number of alkyl halides is 1. The predicted octanol–water partition coefficient (Wildman–Crippen LogP) is 5.19.